The van der Waals surface area contributed by atoms with Gasteiger partial charge in [-0.1, -0.05) is 0 Å². The van der Waals surface area contributed by atoms with Crippen LogP contribution < -0.4 is 0 Å². The van der Waals surface area contributed by atoms with Crippen LogP contribution in [0.1, 0.15) is 19.3 Å². The van der Waals surface area contributed by atoms with E-state index in [-0.39, 0.29) is 25.4 Å². The van der Waals surface area contributed by atoms with E-state index in [2.05, 4.69) is 0 Å². The fraction of sp³-hybridized carbons (Fsp3) is 0.900. The Morgan fingerprint density at radius 1 is 1.47 bits per heavy atom. The molecule has 1 saturated heterocycles. The Bertz CT molecular complexity index is 270. The maximum Gasteiger partial charge on any atom is 0.317 e. The summed E-state index contributed by atoms with van der Waals surface area (Å²) in [6, 6.07) is 0. The standard InChI is InChI=1S/C10H15F2NO2/c11-10(12)3-1-2-7-4-13(5-8(7)10)6-9(14)15/h7-8H,1-6H2,(H,14,15)/t7-,8-/m0/s1. The van der Waals surface area contributed by atoms with E-state index in [0.717, 1.165) is 6.42 Å². The Balaban J connectivity index is 2.01. The normalized spacial score (nSPS) is 35.1. The lowest BCUT2D eigenvalue weighted by Gasteiger charge is -2.32. The fourth-order valence-electron chi connectivity index (χ4n) is 2.84. The maximum atomic E-state index is 13.5. The summed E-state index contributed by atoms with van der Waals surface area (Å²) in [7, 11) is 0. The Labute approximate surface area is 87.1 Å². The first-order valence-electron chi connectivity index (χ1n) is 5.31. The van der Waals surface area contributed by atoms with E-state index in [1.165, 1.54) is 0 Å². The number of nitrogens with zero attached hydrogens (tertiary/aromatic N) is 1. The number of likely N-dealkylation sites (tertiary alicyclic amines) is 1. The van der Waals surface area contributed by atoms with Crippen LogP contribution in [0.3, 0.4) is 0 Å². The molecule has 0 spiro atoms. The van der Waals surface area contributed by atoms with Gasteiger partial charge in [-0.15, -0.1) is 0 Å². The van der Waals surface area contributed by atoms with Gasteiger partial charge < -0.3 is 5.11 Å². The molecule has 1 N–H and O–H groups in total. The average Bonchev–Trinajstić information content (AvgIpc) is 2.46. The Morgan fingerprint density at radius 3 is 2.80 bits per heavy atom. The molecular weight excluding hydrogens is 204 g/mol. The zero-order valence-corrected chi connectivity index (χ0v) is 8.46. The van der Waals surface area contributed by atoms with Crippen molar-refractivity contribution in [3.05, 3.63) is 0 Å². The average molecular weight is 219 g/mol. The lowest BCUT2D eigenvalue weighted by atomic mass is 9.79. The van der Waals surface area contributed by atoms with Crippen molar-refractivity contribution in [3.63, 3.8) is 0 Å². The molecule has 2 rings (SSSR count). The SMILES string of the molecule is O=C(O)CN1C[C@@H]2CCCC(F)(F)[C@H]2C1. The van der Waals surface area contributed by atoms with Gasteiger partial charge in [0.25, 0.3) is 5.92 Å². The van der Waals surface area contributed by atoms with Gasteiger partial charge >= 0.3 is 5.97 Å². The number of carboxylic acids is 1. The molecule has 0 amide bonds. The van der Waals surface area contributed by atoms with Gasteiger partial charge in [0.2, 0.25) is 0 Å². The predicted octanol–water partition coefficient (Wildman–Crippen LogP) is 1.44. The number of alkyl halides is 2. The van der Waals surface area contributed by atoms with Crippen molar-refractivity contribution in [3.8, 4) is 0 Å². The third-order valence-electron chi connectivity index (χ3n) is 3.50. The van der Waals surface area contributed by atoms with Crippen molar-refractivity contribution >= 4 is 5.97 Å². The highest BCUT2D eigenvalue weighted by atomic mass is 19.3. The van der Waals surface area contributed by atoms with Gasteiger partial charge in [0.1, 0.15) is 0 Å². The molecule has 1 aliphatic heterocycles. The molecule has 0 aromatic rings. The summed E-state index contributed by atoms with van der Waals surface area (Å²) in [5.74, 6) is -4.15. The molecule has 2 aliphatic rings. The zero-order chi connectivity index (χ0) is 11.1. The molecule has 15 heavy (non-hydrogen) atoms. The molecule has 5 heteroatoms. The number of hydrogen-bond acceptors (Lipinski definition) is 2. The highest BCUT2D eigenvalue weighted by Gasteiger charge is 2.50. The summed E-state index contributed by atoms with van der Waals surface area (Å²) in [6.45, 7) is 0.652. The van der Waals surface area contributed by atoms with Crippen molar-refractivity contribution in [1.29, 1.82) is 0 Å². The lowest BCUT2D eigenvalue weighted by molar-refractivity contribution is -0.138. The van der Waals surface area contributed by atoms with Gasteiger partial charge in [0.05, 0.1) is 6.54 Å². The highest BCUT2D eigenvalue weighted by Crippen LogP contribution is 2.45. The third-order valence-corrected chi connectivity index (χ3v) is 3.50. The number of halogens is 2. The molecule has 0 aromatic carbocycles. The summed E-state index contributed by atoms with van der Waals surface area (Å²) in [4.78, 5) is 12.1. The number of fused-ring (bicyclic) bond motifs is 1. The third kappa shape index (κ3) is 2.12. The van der Waals surface area contributed by atoms with Crippen LogP contribution in [0.4, 0.5) is 8.78 Å². The monoisotopic (exact) mass is 219 g/mol. The van der Waals surface area contributed by atoms with E-state index in [0.29, 0.717) is 13.0 Å². The number of carboxylic acid groups (broad SMARTS) is 1. The molecule has 0 bridgehead atoms. The van der Waals surface area contributed by atoms with E-state index in [4.69, 9.17) is 5.11 Å². The lowest BCUT2D eigenvalue weighted by Crippen LogP contribution is -2.37. The Kier molecular flexibility index (Phi) is 2.66. The molecule has 1 heterocycles. The van der Waals surface area contributed by atoms with E-state index in [1.54, 1.807) is 4.90 Å². The minimum absolute atomic E-state index is 0.00639. The van der Waals surface area contributed by atoms with Crippen LogP contribution in [0, 0.1) is 11.8 Å². The zero-order valence-electron chi connectivity index (χ0n) is 8.46. The number of rotatable bonds is 2. The second-order valence-corrected chi connectivity index (χ2v) is 4.61. The van der Waals surface area contributed by atoms with Crippen LogP contribution in [-0.4, -0.2) is 41.5 Å². The number of carbonyl (C=O) groups is 1. The summed E-state index contributed by atoms with van der Waals surface area (Å²) in [5.41, 5.74) is 0. The highest BCUT2D eigenvalue weighted by molar-refractivity contribution is 5.69. The molecule has 0 aromatic heterocycles. The predicted molar refractivity (Wildman–Crippen MR) is 49.9 cm³/mol. The minimum Gasteiger partial charge on any atom is -0.480 e. The molecule has 2 fully saturated rings. The Morgan fingerprint density at radius 2 is 2.20 bits per heavy atom. The number of aliphatic carboxylic acids is 1. The van der Waals surface area contributed by atoms with Crippen LogP contribution in [0.5, 0.6) is 0 Å². The minimum atomic E-state index is -2.59. The van der Waals surface area contributed by atoms with E-state index in [9.17, 15) is 13.6 Å². The van der Waals surface area contributed by atoms with E-state index >= 15 is 0 Å². The summed E-state index contributed by atoms with van der Waals surface area (Å²) in [5, 5.41) is 8.61. The second kappa shape index (κ2) is 3.70. The maximum absolute atomic E-state index is 13.5. The van der Waals surface area contributed by atoms with Crippen molar-refractivity contribution in [2.24, 2.45) is 11.8 Å². The van der Waals surface area contributed by atoms with Gasteiger partial charge in [-0.05, 0) is 18.8 Å². The van der Waals surface area contributed by atoms with Crippen molar-refractivity contribution in [2.45, 2.75) is 25.2 Å². The van der Waals surface area contributed by atoms with Crippen molar-refractivity contribution in [1.82, 2.24) is 4.90 Å². The van der Waals surface area contributed by atoms with Crippen LogP contribution >= 0.6 is 0 Å². The quantitative estimate of drug-likeness (QED) is 0.764. The van der Waals surface area contributed by atoms with Gasteiger partial charge in [-0.2, -0.15) is 0 Å². The first-order valence-corrected chi connectivity index (χ1v) is 5.31. The number of hydrogen-bond donors (Lipinski definition) is 1. The smallest absolute Gasteiger partial charge is 0.317 e. The largest absolute Gasteiger partial charge is 0.480 e. The molecular formula is C10H15F2NO2. The van der Waals surface area contributed by atoms with Gasteiger partial charge in [-0.3, -0.25) is 9.69 Å². The van der Waals surface area contributed by atoms with E-state index < -0.39 is 17.8 Å². The topological polar surface area (TPSA) is 40.5 Å². The molecule has 1 aliphatic carbocycles. The molecule has 2 atom stereocenters. The first kappa shape index (κ1) is 10.8. The van der Waals surface area contributed by atoms with Gasteiger partial charge in [0, 0.05) is 25.4 Å². The van der Waals surface area contributed by atoms with Crippen LogP contribution in [0.25, 0.3) is 0 Å². The van der Waals surface area contributed by atoms with Crippen molar-refractivity contribution in [2.75, 3.05) is 19.6 Å². The van der Waals surface area contributed by atoms with Gasteiger partial charge in [0.15, 0.2) is 0 Å². The molecule has 3 nitrogen and oxygen atoms in total. The Hall–Kier alpha value is -0.710. The molecule has 0 radical (unpaired) electrons. The van der Waals surface area contributed by atoms with Crippen LogP contribution in [-0.2, 0) is 4.79 Å². The molecule has 86 valence electrons. The van der Waals surface area contributed by atoms with Crippen LogP contribution in [0.15, 0.2) is 0 Å². The molecule has 1 saturated carbocycles. The summed E-state index contributed by atoms with van der Waals surface area (Å²) >= 11 is 0. The molecule has 0 unspecified atom stereocenters. The fourth-order valence-corrected chi connectivity index (χ4v) is 2.84. The second-order valence-electron chi connectivity index (χ2n) is 4.61. The first-order chi connectivity index (χ1) is 6.99. The summed E-state index contributed by atoms with van der Waals surface area (Å²) in [6.07, 6.45) is 1.35. The summed E-state index contributed by atoms with van der Waals surface area (Å²) < 4.78 is 27.0. The van der Waals surface area contributed by atoms with Gasteiger partial charge in [-0.25, -0.2) is 8.78 Å². The van der Waals surface area contributed by atoms with Crippen LogP contribution in [0.2, 0.25) is 0 Å². The van der Waals surface area contributed by atoms with Crippen molar-refractivity contribution < 1.29 is 18.7 Å². The van der Waals surface area contributed by atoms with E-state index in [1.807, 2.05) is 0 Å².